The van der Waals surface area contributed by atoms with E-state index in [1.807, 2.05) is 31.2 Å². The average Bonchev–Trinajstić information content (AvgIpc) is 3.06. The Balaban J connectivity index is 1.82. The van der Waals surface area contributed by atoms with Crippen LogP contribution in [-0.2, 0) is 12.8 Å². The van der Waals surface area contributed by atoms with Gasteiger partial charge in [-0.25, -0.2) is 0 Å². The highest BCUT2D eigenvalue weighted by molar-refractivity contribution is 9.10. The number of nitrogens with zero attached hydrogens (tertiary/aromatic N) is 1. The van der Waals surface area contributed by atoms with E-state index in [2.05, 4.69) is 39.1 Å². The van der Waals surface area contributed by atoms with Gasteiger partial charge in [0.1, 0.15) is 0 Å². The standard InChI is InChI=1S/C20H17BrN2O/c1-12(22-15-10-9-13-5-4-6-14(13)11-15)19-18(21)16-7-2-3-8-17(16)20(24)23-19/h2-3,7-11H,4-6H2,1H3,(H,23,24). The zero-order valence-electron chi connectivity index (χ0n) is 13.4. The molecule has 1 aliphatic carbocycles. The number of hydrogen-bond donors (Lipinski definition) is 1. The molecular weight excluding hydrogens is 364 g/mol. The minimum atomic E-state index is -0.0905. The first-order valence-corrected chi connectivity index (χ1v) is 8.91. The maximum atomic E-state index is 12.3. The molecule has 0 saturated heterocycles. The third-order valence-electron chi connectivity index (χ3n) is 4.61. The van der Waals surface area contributed by atoms with Gasteiger partial charge >= 0.3 is 0 Å². The first kappa shape index (κ1) is 15.3. The van der Waals surface area contributed by atoms with E-state index in [9.17, 15) is 4.79 Å². The second-order valence-corrected chi connectivity index (χ2v) is 6.99. The summed E-state index contributed by atoms with van der Waals surface area (Å²) < 4.78 is 0.875. The molecule has 0 saturated carbocycles. The molecular formula is C20H17BrN2O. The van der Waals surface area contributed by atoms with E-state index in [1.165, 1.54) is 24.0 Å². The maximum Gasteiger partial charge on any atom is 0.256 e. The largest absolute Gasteiger partial charge is 0.319 e. The Kier molecular flexibility index (Phi) is 3.85. The van der Waals surface area contributed by atoms with Crippen LogP contribution in [0.5, 0.6) is 0 Å². The van der Waals surface area contributed by atoms with Gasteiger partial charge in [-0.3, -0.25) is 9.79 Å². The molecule has 2 aromatic carbocycles. The fourth-order valence-electron chi connectivity index (χ4n) is 3.37. The van der Waals surface area contributed by atoms with E-state index >= 15 is 0 Å². The van der Waals surface area contributed by atoms with Gasteiger partial charge in [-0.2, -0.15) is 0 Å². The van der Waals surface area contributed by atoms with Gasteiger partial charge in [0.15, 0.2) is 0 Å². The van der Waals surface area contributed by atoms with Crippen molar-refractivity contribution in [2.75, 3.05) is 0 Å². The topological polar surface area (TPSA) is 45.2 Å². The van der Waals surface area contributed by atoms with E-state index in [-0.39, 0.29) is 5.56 Å². The van der Waals surface area contributed by atoms with E-state index in [0.717, 1.165) is 33.4 Å². The zero-order valence-corrected chi connectivity index (χ0v) is 15.0. The Bertz CT molecular complexity index is 1030. The number of aromatic amines is 1. The van der Waals surface area contributed by atoms with Crippen LogP contribution in [0.1, 0.15) is 30.2 Å². The van der Waals surface area contributed by atoms with Crippen molar-refractivity contribution in [1.29, 1.82) is 0 Å². The van der Waals surface area contributed by atoms with Gasteiger partial charge in [0.05, 0.1) is 21.6 Å². The van der Waals surface area contributed by atoms with Crippen LogP contribution in [0.3, 0.4) is 0 Å². The molecule has 0 spiro atoms. The van der Waals surface area contributed by atoms with Crippen molar-refractivity contribution < 1.29 is 0 Å². The fourth-order valence-corrected chi connectivity index (χ4v) is 4.10. The van der Waals surface area contributed by atoms with Crippen molar-refractivity contribution in [3.63, 3.8) is 0 Å². The summed E-state index contributed by atoms with van der Waals surface area (Å²) in [4.78, 5) is 20.0. The summed E-state index contributed by atoms with van der Waals surface area (Å²) in [6.45, 7) is 1.93. The van der Waals surface area contributed by atoms with E-state index in [4.69, 9.17) is 4.99 Å². The molecule has 0 amide bonds. The third kappa shape index (κ3) is 2.61. The molecule has 4 rings (SSSR count). The molecule has 0 bridgehead atoms. The van der Waals surface area contributed by atoms with Crippen LogP contribution < -0.4 is 5.56 Å². The number of hydrogen-bond acceptors (Lipinski definition) is 2. The Labute approximate surface area is 148 Å². The van der Waals surface area contributed by atoms with Gasteiger partial charge in [0.2, 0.25) is 0 Å². The second kappa shape index (κ2) is 6.02. The van der Waals surface area contributed by atoms with E-state index in [1.54, 1.807) is 0 Å². The lowest BCUT2D eigenvalue weighted by Crippen LogP contribution is -2.13. The highest BCUT2D eigenvalue weighted by atomic mass is 79.9. The van der Waals surface area contributed by atoms with Crippen LogP contribution in [0.15, 0.2) is 56.7 Å². The number of rotatable bonds is 2. The van der Waals surface area contributed by atoms with E-state index < -0.39 is 0 Å². The number of nitrogens with one attached hydrogen (secondary N) is 1. The molecule has 0 unspecified atom stereocenters. The van der Waals surface area contributed by atoms with Gasteiger partial charge < -0.3 is 4.98 Å². The highest BCUT2D eigenvalue weighted by Crippen LogP contribution is 2.28. The molecule has 24 heavy (non-hydrogen) atoms. The van der Waals surface area contributed by atoms with Crippen LogP contribution in [0.4, 0.5) is 5.69 Å². The van der Waals surface area contributed by atoms with Gasteiger partial charge in [-0.05, 0) is 71.4 Å². The van der Waals surface area contributed by atoms with Crippen molar-refractivity contribution in [3.05, 3.63) is 74.1 Å². The number of halogens is 1. The van der Waals surface area contributed by atoms with Gasteiger partial charge in [-0.15, -0.1) is 0 Å². The van der Waals surface area contributed by atoms with Crippen molar-refractivity contribution in [2.24, 2.45) is 4.99 Å². The Morgan fingerprint density at radius 2 is 1.83 bits per heavy atom. The summed E-state index contributed by atoms with van der Waals surface area (Å²) in [6.07, 6.45) is 3.53. The summed E-state index contributed by atoms with van der Waals surface area (Å²) in [5, 5.41) is 1.58. The van der Waals surface area contributed by atoms with Crippen LogP contribution in [-0.4, -0.2) is 10.7 Å². The minimum absolute atomic E-state index is 0.0905. The third-order valence-corrected chi connectivity index (χ3v) is 5.43. The lowest BCUT2D eigenvalue weighted by Gasteiger charge is -2.08. The summed E-state index contributed by atoms with van der Waals surface area (Å²) >= 11 is 3.63. The molecule has 3 aromatic rings. The van der Waals surface area contributed by atoms with Crippen molar-refractivity contribution in [1.82, 2.24) is 4.98 Å². The predicted octanol–water partition coefficient (Wildman–Crippen LogP) is 4.92. The quantitative estimate of drug-likeness (QED) is 0.630. The molecule has 0 fully saturated rings. The molecule has 0 aliphatic heterocycles. The number of aromatic nitrogens is 1. The summed E-state index contributed by atoms with van der Waals surface area (Å²) in [5.41, 5.74) is 5.21. The summed E-state index contributed by atoms with van der Waals surface area (Å²) in [6, 6.07) is 14.0. The number of fused-ring (bicyclic) bond motifs is 2. The SMILES string of the molecule is CC(=Nc1ccc2c(c1)CCC2)c1[nH]c(=O)c2ccccc2c1Br. The zero-order chi connectivity index (χ0) is 16.7. The molecule has 1 aliphatic rings. The Hall–Kier alpha value is -2.20. The lowest BCUT2D eigenvalue weighted by molar-refractivity contribution is 0.912. The van der Waals surface area contributed by atoms with Gasteiger partial charge in [-0.1, -0.05) is 24.3 Å². The van der Waals surface area contributed by atoms with Gasteiger partial charge in [0.25, 0.3) is 5.56 Å². The first-order chi connectivity index (χ1) is 11.6. The number of aryl methyl sites for hydroxylation is 2. The van der Waals surface area contributed by atoms with Crippen molar-refractivity contribution in [2.45, 2.75) is 26.2 Å². The molecule has 1 aromatic heterocycles. The predicted molar refractivity (Wildman–Crippen MR) is 103 cm³/mol. The minimum Gasteiger partial charge on any atom is -0.319 e. The highest BCUT2D eigenvalue weighted by Gasteiger charge is 2.13. The monoisotopic (exact) mass is 380 g/mol. The number of H-pyrrole nitrogens is 1. The van der Waals surface area contributed by atoms with Gasteiger partial charge in [0, 0.05) is 10.8 Å². The number of benzene rings is 2. The molecule has 4 heteroatoms. The number of pyridine rings is 1. The summed E-state index contributed by atoms with van der Waals surface area (Å²) in [7, 11) is 0. The smallest absolute Gasteiger partial charge is 0.256 e. The molecule has 1 N–H and O–H groups in total. The molecule has 0 atom stereocenters. The molecule has 3 nitrogen and oxygen atoms in total. The lowest BCUT2D eigenvalue weighted by atomic mass is 10.1. The summed E-state index contributed by atoms with van der Waals surface area (Å²) in [5.74, 6) is 0. The van der Waals surface area contributed by atoms with Crippen LogP contribution >= 0.6 is 15.9 Å². The Morgan fingerprint density at radius 3 is 2.67 bits per heavy atom. The van der Waals surface area contributed by atoms with Crippen LogP contribution in [0, 0.1) is 0 Å². The molecule has 1 heterocycles. The van der Waals surface area contributed by atoms with Crippen LogP contribution in [0.25, 0.3) is 10.8 Å². The van der Waals surface area contributed by atoms with E-state index in [0.29, 0.717) is 5.39 Å². The average molecular weight is 381 g/mol. The van der Waals surface area contributed by atoms with Crippen molar-refractivity contribution >= 4 is 38.1 Å². The normalized spacial score (nSPS) is 14.2. The first-order valence-electron chi connectivity index (χ1n) is 8.11. The number of aliphatic imine (C=N–C) groups is 1. The Morgan fingerprint density at radius 1 is 1.08 bits per heavy atom. The fraction of sp³-hybridized carbons (Fsp3) is 0.200. The molecule has 120 valence electrons. The van der Waals surface area contributed by atoms with Crippen LogP contribution in [0.2, 0.25) is 0 Å². The second-order valence-electron chi connectivity index (χ2n) is 6.19. The maximum absolute atomic E-state index is 12.3. The van der Waals surface area contributed by atoms with Crippen molar-refractivity contribution in [3.8, 4) is 0 Å². The molecule has 0 radical (unpaired) electrons.